The van der Waals surface area contributed by atoms with Gasteiger partial charge in [-0.2, -0.15) is 0 Å². The minimum Gasteiger partial charge on any atom is -0.359 e. The van der Waals surface area contributed by atoms with Gasteiger partial charge in [0.05, 0.1) is 11.4 Å². The Morgan fingerprint density at radius 2 is 1.27 bits per heavy atom. The van der Waals surface area contributed by atoms with Crippen LogP contribution in [0.15, 0.2) is 97.1 Å². The molecule has 1 aromatic heterocycles. The molecule has 0 fully saturated rings. The van der Waals surface area contributed by atoms with Crippen molar-refractivity contribution in [3.8, 4) is 0 Å². The average Bonchev–Trinajstić information content (AvgIpc) is 3.50. The Labute approximate surface area is 219 Å². The molecule has 0 aliphatic carbocycles. The molecule has 1 aliphatic heterocycles. The first-order chi connectivity index (χ1) is 18.2. The van der Waals surface area contributed by atoms with Gasteiger partial charge in [0.1, 0.15) is 6.17 Å². The van der Waals surface area contributed by atoms with Crippen LogP contribution >= 0.6 is 12.2 Å². The average molecular weight is 500 g/mol. The molecule has 0 amide bonds. The minimum absolute atomic E-state index is 0.0439. The highest BCUT2D eigenvalue weighted by molar-refractivity contribution is 7.80. The zero-order valence-electron chi connectivity index (χ0n) is 20.2. The van der Waals surface area contributed by atoms with E-state index in [9.17, 15) is 0 Å². The molecular formula is C31H25N5S. The van der Waals surface area contributed by atoms with E-state index in [0.29, 0.717) is 5.11 Å². The fourth-order valence-corrected chi connectivity index (χ4v) is 5.76. The lowest BCUT2D eigenvalue weighted by Crippen LogP contribution is -2.18. The van der Waals surface area contributed by atoms with Crippen LogP contribution in [0.25, 0.3) is 32.4 Å². The van der Waals surface area contributed by atoms with Gasteiger partial charge in [0.25, 0.3) is 0 Å². The largest absolute Gasteiger partial charge is 0.359 e. The molecule has 6 aromatic rings. The standard InChI is InChI=1S/C31H25N5S/c1-18-27(24-13-7-8-14-26(24)32-18)30-35-28-23-12-6-5-11-21(23)22-16-15-20(17-25(22)29(28)36-30)34-31(37)33-19-9-3-2-4-10-19/h2-17,30,32,35-36H,1H3,(H2,33,34,37). The van der Waals surface area contributed by atoms with E-state index in [1.54, 1.807) is 0 Å². The summed E-state index contributed by atoms with van der Waals surface area (Å²) >= 11 is 5.60. The van der Waals surface area contributed by atoms with Crippen LogP contribution in [0.2, 0.25) is 0 Å². The van der Waals surface area contributed by atoms with Gasteiger partial charge in [-0.1, -0.05) is 66.7 Å². The van der Waals surface area contributed by atoms with E-state index >= 15 is 0 Å². The number of nitrogens with one attached hydrogen (secondary N) is 5. The van der Waals surface area contributed by atoms with Crippen LogP contribution < -0.4 is 21.3 Å². The molecule has 0 spiro atoms. The highest BCUT2D eigenvalue weighted by atomic mass is 32.1. The number of anilines is 4. The summed E-state index contributed by atoms with van der Waals surface area (Å²) in [6, 6.07) is 33.5. The molecule has 2 heterocycles. The lowest BCUT2D eigenvalue weighted by atomic mass is 9.98. The number of fused-ring (bicyclic) bond motifs is 7. The van der Waals surface area contributed by atoms with Gasteiger partial charge in [-0.25, -0.2) is 0 Å². The Kier molecular flexibility index (Phi) is 5.01. The van der Waals surface area contributed by atoms with E-state index in [1.807, 2.05) is 30.3 Å². The maximum absolute atomic E-state index is 5.60. The number of benzene rings is 5. The van der Waals surface area contributed by atoms with Crippen LogP contribution in [0.3, 0.4) is 0 Å². The first kappa shape index (κ1) is 21.7. The Hall–Kier alpha value is -4.55. The van der Waals surface area contributed by atoms with Gasteiger partial charge < -0.3 is 26.3 Å². The Balaban J connectivity index is 1.31. The van der Waals surface area contributed by atoms with Gasteiger partial charge in [-0.3, -0.25) is 0 Å². The van der Waals surface area contributed by atoms with Crippen LogP contribution in [0.4, 0.5) is 22.7 Å². The van der Waals surface area contributed by atoms with Gasteiger partial charge in [0.15, 0.2) is 5.11 Å². The predicted molar refractivity (Wildman–Crippen MR) is 161 cm³/mol. The number of aromatic amines is 1. The number of aryl methyl sites for hydroxylation is 1. The topological polar surface area (TPSA) is 63.9 Å². The third-order valence-corrected chi connectivity index (χ3v) is 7.33. The second-order valence-electron chi connectivity index (χ2n) is 9.43. The number of hydrogen-bond donors (Lipinski definition) is 5. The second-order valence-corrected chi connectivity index (χ2v) is 9.84. The van der Waals surface area contributed by atoms with E-state index in [0.717, 1.165) is 39.3 Å². The van der Waals surface area contributed by atoms with Crippen molar-refractivity contribution in [2.45, 2.75) is 13.1 Å². The van der Waals surface area contributed by atoms with Crippen molar-refractivity contribution in [2.24, 2.45) is 0 Å². The molecule has 7 rings (SSSR count). The van der Waals surface area contributed by atoms with E-state index in [1.165, 1.54) is 27.1 Å². The Morgan fingerprint density at radius 1 is 0.649 bits per heavy atom. The molecule has 0 saturated heterocycles. The fraction of sp³-hybridized carbons (Fsp3) is 0.0645. The van der Waals surface area contributed by atoms with Crippen molar-refractivity contribution >= 4 is 72.5 Å². The molecule has 1 unspecified atom stereocenters. The molecule has 1 aliphatic rings. The molecule has 1 atom stereocenters. The summed E-state index contributed by atoms with van der Waals surface area (Å²) in [7, 11) is 0. The summed E-state index contributed by atoms with van der Waals surface area (Å²) in [5.74, 6) is 0. The Bertz CT molecular complexity index is 1820. The van der Waals surface area contributed by atoms with Crippen molar-refractivity contribution in [3.05, 3.63) is 108 Å². The maximum atomic E-state index is 5.60. The van der Waals surface area contributed by atoms with Gasteiger partial charge in [-0.05, 0) is 60.2 Å². The number of thiocarbonyl (C=S) groups is 1. The first-order valence-corrected chi connectivity index (χ1v) is 12.8. The summed E-state index contributed by atoms with van der Waals surface area (Å²) in [6.45, 7) is 2.14. The van der Waals surface area contributed by atoms with Crippen LogP contribution in [-0.4, -0.2) is 10.1 Å². The van der Waals surface area contributed by atoms with Gasteiger partial charge in [0, 0.05) is 44.3 Å². The molecule has 6 heteroatoms. The number of rotatable bonds is 3. The van der Waals surface area contributed by atoms with E-state index in [4.69, 9.17) is 12.2 Å². The molecule has 180 valence electrons. The van der Waals surface area contributed by atoms with Crippen LogP contribution in [0.5, 0.6) is 0 Å². The van der Waals surface area contributed by atoms with Crippen molar-refractivity contribution < 1.29 is 0 Å². The molecule has 5 aromatic carbocycles. The second kappa shape index (κ2) is 8.54. The van der Waals surface area contributed by atoms with Gasteiger partial charge in [-0.15, -0.1) is 0 Å². The van der Waals surface area contributed by atoms with Crippen molar-refractivity contribution in [2.75, 3.05) is 21.3 Å². The predicted octanol–water partition coefficient (Wildman–Crippen LogP) is 8.13. The van der Waals surface area contributed by atoms with Crippen molar-refractivity contribution in [1.82, 2.24) is 4.98 Å². The number of hydrogen-bond acceptors (Lipinski definition) is 3. The zero-order chi connectivity index (χ0) is 24.9. The molecule has 0 radical (unpaired) electrons. The smallest absolute Gasteiger partial charge is 0.175 e. The number of aromatic nitrogens is 1. The van der Waals surface area contributed by atoms with Gasteiger partial charge >= 0.3 is 0 Å². The highest BCUT2D eigenvalue weighted by Crippen LogP contribution is 2.48. The third-order valence-electron chi connectivity index (χ3n) is 7.12. The van der Waals surface area contributed by atoms with E-state index < -0.39 is 0 Å². The summed E-state index contributed by atoms with van der Waals surface area (Å²) < 4.78 is 0. The molecule has 5 nitrogen and oxygen atoms in total. The quantitative estimate of drug-likeness (QED) is 0.126. The Morgan fingerprint density at radius 3 is 2.08 bits per heavy atom. The number of H-pyrrole nitrogens is 1. The van der Waals surface area contributed by atoms with Crippen LogP contribution in [0.1, 0.15) is 17.4 Å². The fourth-order valence-electron chi connectivity index (χ4n) is 5.52. The summed E-state index contributed by atoms with van der Waals surface area (Å²) in [5.41, 5.74) is 7.67. The summed E-state index contributed by atoms with van der Waals surface area (Å²) in [5, 5.41) is 20.8. The van der Waals surface area contributed by atoms with Crippen LogP contribution in [0, 0.1) is 6.92 Å². The normalized spacial score (nSPS) is 14.4. The van der Waals surface area contributed by atoms with E-state index in [-0.39, 0.29) is 6.17 Å². The SMILES string of the molecule is Cc1[nH]c2ccccc2c1C1Nc2c(c3cc(NC(=S)Nc4ccccc4)ccc3c3ccccc23)N1. The molecule has 0 bridgehead atoms. The van der Waals surface area contributed by atoms with E-state index in [2.05, 4.69) is 99.9 Å². The highest BCUT2D eigenvalue weighted by Gasteiger charge is 2.29. The van der Waals surface area contributed by atoms with Crippen molar-refractivity contribution in [1.29, 1.82) is 0 Å². The molecular weight excluding hydrogens is 474 g/mol. The lowest BCUT2D eigenvalue weighted by molar-refractivity contribution is 0.936. The first-order valence-electron chi connectivity index (χ1n) is 12.4. The third kappa shape index (κ3) is 3.65. The van der Waals surface area contributed by atoms with Crippen molar-refractivity contribution in [3.63, 3.8) is 0 Å². The minimum atomic E-state index is -0.0439. The monoisotopic (exact) mass is 499 g/mol. The molecule has 5 N–H and O–H groups in total. The molecule has 37 heavy (non-hydrogen) atoms. The summed E-state index contributed by atoms with van der Waals surface area (Å²) in [4.78, 5) is 3.54. The zero-order valence-corrected chi connectivity index (χ0v) is 21.0. The molecule has 0 saturated carbocycles. The lowest BCUT2D eigenvalue weighted by Gasteiger charge is -2.14. The maximum Gasteiger partial charge on any atom is 0.175 e. The summed E-state index contributed by atoms with van der Waals surface area (Å²) in [6.07, 6.45) is -0.0439. The van der Waals surface area contributed by atoms with Gasteiger partial charge in [0.2, 0.25) is 0 Å². The number of para-hydroxylation sites is 2. The van der Waals surface area contributed by atoms with Crippen LogP contribution in [-0.2, 0) is 0 Å².